The second-order valence-corrected chi connectivity index (χ2v) is 4.94. The molecule has 0 bridgehead atoms. The molecule has 3 rings (SSSR count). The van der Waals surface area contributed by atoms with Gasteiger partial charge in [0.05, 0.1) is 0 Å². The highest BCUT2D eigenvalue weighted by Crippen LogP contribution is 2.06. The van der Waals surface area contributed by atoms with Crippen LogP contribution >= 0.6 is 0 Å². The summed E-state index contributed by atoms with van der Waals surface area (Å²) in [6.07, 6.45) is 3.04. The zero-order valence-corrected chi connectivity index (χ0v) is 12.6. The third-order valence-electron chi connectivity index (χ3n) is 3.25. The van der Waals surface area contributed by atoms with Gasteiger partial charge in [-0.15, -0.1) is 0 Å². The SMILES string of the molecule is Cc1cccnc1-n1cnc(NNCc2ccccc2)nc1=O. The molecule has 0 saturated carbocycles. The van der Waals surface area contributed by atoms with Gasteiger partial charge in [0.2, 0.25) is 5.95 Å². The Labute approximate surface area is 133 Å². The third kappa shape index (κ3) is 3.58. The number of rotatable bonds is 5. The summed E-state index contributed by atoms with van der Waals surface area (Å²) in [4.78, 5) is 24.3. The molecule has 0 fully saturated rings. The lowest BCUT2D eigenvalue weighted by Crippen LogP contribution is -2.28. The molecule has 0 spiro atoms. The Kier molecular flexibility index (Phi) is 4.39. The van der Waals surface area contributed by atoms with Crippen molar-refractivity contribution in [2.24, 2.45) is 0 Å². The van der Waals surface area contributed by atoms with Crippen molar-refractivity contribution in [2.75, 3.05) is 5.43 Å². The van der Waals surface area contributed by atoms with Gasteiger partial charge in [-0.3, -0.25) is 5.43 Å². The van der Waals surface area contributed by atoms with Gasteiger partial charge in [-0.1, -0.05) is 36.4 Å². The lowest BCUT2D eigenvalue weighted by atomic mass is 10.2. The highest BCUT2D eigenvalue weighted by atomic mass is 16.1. The van der Waals surface area contributed by atoms with Crippen molar-refractivity contribution >= 4 is 5.95 Å². The van der Waals surface area contributed by atoms with E-state index in [1.54, 1.807) is 6.20 Å². The predicted octanol–water partition coefficient (Wildman–Crippen LogP) is 1.45. The summed E-state index contributed by atoms with van der Waals surface area (Å²) in [6, 6.07) is 13.6. The molecule has 0 unspecified atom stereocenters. The molecule has 2 N–H and O–H groups in total. The van der Waals surface area contributed by atoms with Crippen molar-refractivity contribution in [1.82, 2.24) is 24.9 Å². The second-order valence-electron chi connectivity index (χ2n) is 4.94. The summed E-state index contributed by atoms with van der Waals surface area (Å²) >= 11 is 0. The number of nitrogens with one attached hydrogen (secondary N) is 2. The lowest BCUT2D eigenvalue weighted by molar-refractivity contribution is 0.762. The van der Waals surface area contributed by atoms with E-state index in [1.165, 1.54) is 10.9 Å². The van der Waals surface area contributed by atoms with Gasteiger partial charge in [0.25, 0.3) is 0 Å². The van der Waals surface area contributed by atoms with Crippen LogP contribution in [-0.2, 0) is 6.54 Å². The molecule has 3 aromatic rings. The Hall–Kier alpha value is -3.06. The van der Waals surface area contributed by atoms with Crippen molar-refractivity contribution in [2.45, 2.75) is 13.5 Å². The monoisotopic (exact) mass is 308 g/mol. The van der Waals surface area contributed by atoms with Crippen LogP contribution in [0.15, 0.2) is 59.8 Å². The first-order valence-corrected chi connectivity index (χ1v) is 7.14. The smallest absolute Gasteiger partial charge is 0.289 e. The van der Waals surface area contributed by atoms with E-state index in [0.717, 1.165) is 11.1 Å². The van der Waals surface area contributed by atoms with Gasteiger partial charge < -0.3 is 0 Å². The van der Waals surface area contributed by atoms with E-state index in [0.29, 0.717) is 12.4 Å². The molecule has 0 atom stereocenters. The Bertz CT molecular complexity index is 846. The van der Waals surface area contributed by atoms with Crippen molar-refractivity contribution in [3.63, 3.8) is 0 Å². The minimum absolute atomic E-state index is 0.218. The van der Waals surface area contributed by atoms with E-state index in [2.05, 4.69) is 25.8 Å². The van der Waals surface area contributed by atoms with Crippen LogP contribution in [0.4, 0.5) is 5.95 Å². The molecule has 0 aliphatic carbocycles. The van der Waals surface area contributed by atoms with Crippen LogP contribution in [0.1, 0.15) is 11.1 Å². The molecular formula is C16H16N6O. The average molecular weight is 308 g/mol. The number of aromatic nitrogens is 4. The molecule has 23 heavy (non-hydrogen) atoms. The van der Waals surface area contributed by atoms with Crippen LogP contribution in [0.5, 0.6) is 0 Å². The maximum atomic E-state index is 12.1. The van der Waals surface area contributed by atoms with E-state index in [-0.39, 0.29) is 5.95 Å². The van der Waals surface area contributed by atoms with Crippen LogP contribution in [0.2, 0.25) is 0 Å². The number of hydrogen-bond acceptors (Lipinski definition) is 6. The molecule has 0 saturated heterocycles. The summed E-state index contributed by atoms with van der Waals surface area (Å²) in [7, 11) is 0. The Morgan fingerprint density at radius 1 is 1.09 bits per heavy atom. The largest absolute Gasteiger partial charge is 0.357 e. The number of hydrogen-bond donors (Lipinski definition) is 2. The average Bonchev–Trinajstić information content (AvgIpc) is 2.57. The number of benzene rings is 1. The molecule has 2 heterocycles. The predicted molar refractivity (Wildman–Crippen MR) is 87.1 cm³/mol. The molecule has 1 aromatic carbocycles. The highest BCUT2D eigenvalue weighted by molar-refractivity contribution is 5.32. The number of hydrazine groups is 1. The summed E-state index contributed by atoms with van der Waals surface area (Å²) in [5.41, 5.74) is 7.34. The number of pyridine rings is 1. The summed E-state index contributed by atoms with van der Waals surface area (Å²) < 4.78 is 1.32. The Morgan fingerprint density at radius 3 is 2.65 bits per heavy atom. The highest BCUT2D eigenvalue weighted by Gasteiger charge is 2.07. The maximum Gasteiger partial charge on any atom is 0.357 e. The van der Waals surface area contributed by atoms with E-state index in [1.807, 2.05) is 49.4 Å². The fourth-order valence-corrected chi connectivity index (χ4v) is 2.09. The Morgan fingerprint density at radius 2 is 1.91 bits per heavy atom. The summed E-state index contributed by atoms with van der Waals surface area (Å²) in [6.45, 7) is 2.47. The molecule has 2 aromatic heterocycles. The van der Waals surface area contributed by atoms with Gasteiger partial charge in [0.1, 0.15) is 12.1 Å². The molecule has 0 radical (unpaired) electrons. The molecule has 0 aliphatic heterocycles. The standard InChI is InChI=1S/C16H16N6O/c1-12-6-5-9-17-14(12)22-11-18-15(20-16(22)23)21-19-10-13-7-3-2-4-8-13/h2-9,11,19H,10H2,1H3,(H,20,21,23). The minimum Gasteiger partial charge on any atom is -0.289 e. The van der Waals surface area contributed by atoms with Crippen molar-refractivity contribution in [1.29, 1.82) is 0 Å². The van der Waals surface area contributed by atoms with Crippen LogP contribution in [-0.4, -0.2) is 19.5 Å². The van der Waals surface area contributed by atoms with Gasteiger partial charge in [0.15, 0.2) is 0 Å². The van der Waals surface area contributed by atoms with Crippen molar-refractivity contribution in [3.05, 3.63) is 76.6 Å². The Balaban J connectivity index is 1.70. The van der Waals surface area contributed by atoms with Gasteiger partial charge in [-0.25, -0.2) is 24.8 Å². The zero-order valence-electron chi connectivity index (χ0n) is 12.6. The van der Waals surface area contributed by atoms with E-state index in [9.17, 15) is 4.79 Å². The topological polar surface area (TPSA) is 84.7 Å². The zero-order chi connectivity index (χ0) is 16.1. The summed E-state index contributed by atoms with van der Waals surface area (Å²) in [5, 5.41) is 0. The number of nitrogens with zero attached hydrogens (tertiary/aromatic N) is 4. The number of aryl methyl sites for hydroxylation is 1. The minimum atomic E-state index is -0.439. The molecule has 7 heteroatoms. The third-order valence-corrected chi connectivity index (χ3v) is 3.25. The van der Waals surface area contributed by atoms with Gasteiger partial charge >= 0.3 is 5.69 Å². The van der Waals surface area contributed by atoms with Crippen molar-refractivity contribution < 1.29 is 0 Å². The van der Waals surface area contributed by atoms with E-state index in [4.69, 9.17) is 0 Å². The van der Waals surface area contributed by atoms with Crippen LogP contribution in [0.3, 0.4) is 0 Å². The quantitative estimate of drug-likeness (QED) is 0.694. The molecule has 116 valence electrons. The van der Waals surface area contributed by atoms with Crippen LogP contribution in [0, 0.1) is 6.92 Å². The maximum absolute atomic E-state index is 12.1. The van der Waals surface area contributed by atoms with Gasteiger partial charge in [0, 0.05) is 12.7 Å². The number of anilines is 1. The van der Waals surface area contributed by atoms with Gasteiger partial charge in [-0.05, 0) is 24.1 Å². The van der Waals surface area contributed by atoms with Crippen LogP contribution < -0.4 is 16.5 Å². The molecular weight excluding hydrogens is 292 g/mol. The van der Waals surface area contributed by atoms with Crippen LogP contribution in [0.25, 0.3) is 5.82 Å². The molecule has 7 nitrogen and oxygen atoms in total. The second kappa shape index (κ2) is 6.80. The summed E-state index contributed by atoms with van der Waals surface area (Å²) in [5.74, 6) is 0.747. The lowest BCUT2D eigenvalue weighted by Gasteiger charge is -2.09. The van der Waals surface area contributed by atoms with E-state index >= 15 is 0 Å². The normalized spacial score (nSPS) is 10.5. The first-order valence-electron chi connectivity index (χ1n) is 7.14. The fourth-order valence-electron chi connectivity index (χ4n) is 2.09. The first-order chi connectivity index (χ1) is 11.2. The molecule has 0 aliphatic rings. The fraction of sp³-hybridized carbons (Fsp3) is 0.125. The van der Waals surface area contributed by atoms with Gasteiger partial charge in [-0.2, -0.15) is 4.98 Å². The first kappa shape index (κ1) is 14.9. The van der Waals surface area contributed by atoms with Crippen molar-refractivity contribution in [3.8, 4) is 5.82 Å². The molecule has 0 amide bonds. The van der Waals surface area contributed by atoms with E-state index < -0.39 is 5.69 Å².